The minimum atomic E-state index is -0.174. The van der Waals surface area contributed by atoms with Gasteiger partial charge in [-0.1, -0.05) is 0 Å². The summed E-state index contributed by atoms with van der Waals surface area (Å²) >= 11 is 0. The second-order valence-electron chi connectivity index (χ2n) is 3.29. The average molecular weight is 140 g/mol. The Morgan fingerprint density at radius 3 is 2.60 bits per heavy atom. The second-order valence-corrected chi connectivity index (χ2v) is 3.29. The van der Waals surface area contributed by atoms with Crippen molar-refractivity contribution in [2.75, 3.05) is 6.54 Å². The first kappa shape index (κ1) is 6.16. The van der Waals surface area contributed by atoms with E-state index in [1.807, 2.05) is 0 Å². The van der Waals surface area contributed by atoms with E-state index in [0.717, 1.165) is 12.5 Å². The van der Waals surface area contributed by atoms with Crippen LogP contribution in [0.1, 0.15) is 12.8 Å². The highest BCUT2D eigenvalue weighted by Crippen LogP contribution is 2.40. The van der Waals surface area contributed by atoms with Crippen LogP contribution >= 0.6 is 0 Å². The standard InChI is InChI=1S/C7H12N2O/c8-7(10)6-5-2-1-4(5)3-9-6/h4-6,9H,1-3H2,(H2,8,10). The highest BCUT2D eigenvalue weighted by molar-refractivity contribution is 5.80. The van der Waals surface area contributed by atoms with Crippen molar-refractivity contribution >= 4 is 5.91 Å². The van der Waals surface area contributed by atoms with E-state index in [4.69, 9.17) is 5.73 Å². The van der Waals surface area contributed by atoms with E-state index in [1.54, 1.807) is 0 Å². The third-order valence-corrected chi connectivity index (χ3v) is 2.81. The number of fused-ring (bicyclic) bond motifs is 1. The van der Waals surface area contributed by atoms with Crippen LogP contribution in [0.25, 0.3) is 0 Å². The van der Waals surface area contributed by atoms with Crippen LogP contribution in [-0.4, -0.2) is 18.5 Å². The van der Waals surface area contributed by atoms with Gasteiger partial charge in [-0.25, -0.2) is 0 Å². The molecule has 1 aliphatic carbocycles. The molecule has 56 valence electrons. The number of nitrogens with one attached hydrogen (secondary N) is 1. The highest BCUT2D eigenvalue weighted by atomic mass is 16.1. The lowest BCUT2D eigenvalue weighted by Gasteiger charge is -2.31. The normalized spacial score (nSPS) is 44.2. The quantitative estimate of drug-likeness (QED) is 0.514. The van der Waals surface area contributed by atoms with Crippen molar-refractivity contribution in [1.82, 2.24) is 5.32 Å². The molecule has 2 aliphatic rings. The smallest absolute Gasteiger partial charge is 0.234 e. The van der Waals surface area contributed by atoms with Gasteiger partial charge in [0.1, 0.15) is 0 Å². The summed E-state index contributed by atoms with van der Waals surface area (Å²) in [5, 5.41) is 3.14. The van der Waals surface area contributed by atoms with Gasteiger partial charge in [0.2, 0.25) is 5.91 Å². The molecule has 1 aliphatic heterocycles. The van der Waals surface area contributed by atoms with E-state index < -0.39 is 0 Å². The van der Waals surface area contributed by atoms with Gasteiger partial charge in [0.15, 0.2) is 0 Å². The van der Waals surface area contributed by atoms with Crippen molar-refractivity contribution < 1.29 is 4.79 Å². The van der Waals surface area contributed by atoms with E-state index >= 15 is 0 Å². The zero-order valence-electron chi connectivity index (χ0n) is 5.84. The summed E-state index contributed by atoms with van der Waals surface area (Å²) in [7, 11) is 0. The molecule has 3 N–H and O–H groups in total. The minimum Gasteiger partial charge on any atom is -0.368 e. The summed E-state index contributed by atoms with van der Waals surface area (Å²) in [5.74, 6) is 1.14. The maximum atomic E-state index is 10.8. The predicted molar refractivity (Wildman–Crippen MR) is 37.2 cm³/mol. The van der Waals surface area contributed by atoms with Gasteiger partial charge in [0, 0.05) is 0 Å². The summed E-state index contributed by atoms with van der Waals surface area (Å²) in [6.45, 7) is 0.998. The molecule has 0 aromatic heterocycles. The molecular weight excluding hydrogens is 128 g/mol. The molecule has 0 bridgehead atoms. The van der Waals surface area contributed by atoms with Crippen molar-refractivity contribution in [3.63, 3.8) is 0 Å². The Kier molecular flexibility index (Phi) is 1.20. The number of amides is 1. The van der Waals surface area contributed by atoms with Crippen LogP contribution in [0.2, 0.25) is 0 Å². The Hall–Kier alpha value is -0.570. The number of rotatable bonds is 1. The molecule has 3 atom stereocenters. The van der Waals surface area contributed by atoms with Crippen molar-refractivity contribution in [2.45, 2.75) is 18.9 Å². The van der Waals surface area contributed by atoms with Gasteiger partial charge in [-0.05, 0) is 31.2 Å². The minimum absolute atomic E-state index is 0.0150. The number of hydrogen-bond acceptors (Lipinski definition) is 2. The van der Waals surface area contributed by atoms with Crippen LogP contribution in [0.3, 0.4) is 0 Å². The van der Waals surface area contributed by atoms with Crippen LogP contribution in [0.5, 0.6) is 0 Å². The van der Waals surface area contributed by atoms with Gasteiger partial charge >= 0.3 is 0 Å². The lowest BCUT2D eigenvalue weighted by molar-refractivity contribution is -0.121. The fraction of sp³-hybridized carbons (Fsp3) is 0.857. The molecule has 0 aromatic carbocycles. The summed E-state index contributed by atoms with van der Waals surface area (Å²) in [4.78, 5) is 10.8. The van der Waals surface area contributed by atoms with E-state index in [0.29, 0.717) is 5.92 Å². The molecule has 0 radical (unpaired) electrons. The molecule has 3 nitrogen and oxygen atoms in total. The zero-order chi connectivity index (χ0) is 7.14. The molecule has 1 heterocycles. The van der Waals surface area contributed by atoms with E-state index in [-0.39, 0.29) is 11.9 Å². The SMILES string of the molecule is NC(=O)C1NCC2CCC21. The zero-order valence-corrected chi connectivity index (χ0v) is 5.84. The number of carbonyl (C=O) groups is 1. The molecule has 10 heavy (non-hydrogen) atoms. The Bertz CT molecular complexity index is 169. The number of primary amides is 1. The van der Waals surface area contributed by atoms with Gasteiger partial charge < -0.3 is 11.1 Å². The van der Waals surface area contributed by atoms with Crippen LogP contribution in [0.15, 0.2) is 0 Å². The summed E-state index contributed by atoms with van der Waals surface area (Å²) in [6, 6.07) is -0.0150. The number of nitrogens with two attached hydrogens (primary N) is 1. The first-order valence-electron chi connectivity index (χ1n) is 3.82. The van der Waals surface area contributed by atoms with E-state index in [1.165, 1.54) is 12.8 Å². The topological polar surface area (TPSA) is 55.1 Å². The third-order valence-electron chi connectivity index (χ3n) is 2.81. The first-order chi connectivity index (χ1) is 4.79. The van der Waals surface area contributed by atoms with E-state index in [2.05, 4.69) is 5.32 Å². The van der Waals surface area contributed by atoms with Crippen molar-refractivity contribution in [3.05, 3.63) is 0 Å². The summed E-state index contributed by atoms with van der Waals surface area (Å²) in [6.07, 6.45) is 2.46. The first-order valence-corrected chi connectivity index (χ1v) is 3.82. The molecule has 1 saturated heterocycles. The molecule has 3 unspecified atom stereocenters. The van der Waals surface area contributed by atoms with Gasteiger partial charge in [-0.2, -0.15) is 0 Å². The Balaban J connectivity index is 2.05. The fourth-order valence-electron chi connectivity index (χ4n) is 2.03. The molecule has 2 fully saturated rings. The van der Waals surface area contributed by atoms with E-state index in [9.17, 15) is 4.79 Å². The Morgan fingerprint density at radius 1 is 1.50 bits per heavy atom. The van der Waals surface area contributed by atoms with Crippen LogP contribution in [-0.2, 0) is 4.79 Å². The maximum absolute atomic E-state index is 10.8. The van der Waals surface area contributed by atoms with Gasteiger partial charge in [-0.3, -0.25) is 4.79 Å². The molecule has 0 aromatic rings. The lowest BCUT2D eigenvalue weighted by atomic mass is 9.73. The van der Waals surface area contributed by atoms with Crippen LogP contribution < -0.4 is 11.1 Å². The molecule has 1 amide bonds. The molecule has 1 saturated carbocycles. The van der Waals surface area contributed by atoms with Gasteiger partial charge in [0.05, 0.1) is 6.04 Å². The fourth-order valence-corrected chi connectivity index (χ4v) is 2.03. The molecular formula is C7H12N2O. The Morgan fingerprint density at radius 2 is 2.30 bits per heavy atom. The van der Waals surface area contributed by atoms with Crippen LogP contribution in [0.4, 0.5) is 0 Å². The van der Waals surface area contributed by atoms with Crippen LogP contribution in [0, 0.1) is 11.8 Å². The lowest BCUT2D eigenvalue weighted by Crippen LogP contribution is -2.42. The predicted octanol–water partition coefficient (Wildman–Crippen LogP) is -0.530. The molecule has 3 heteroatoms. The van der Waals surface area contributed by atoms with Crippen molar-refractivity contribution in [3.8, 4) is 0 Å². The molecule has 0 spiro atoms. The summed E-state index contributed by atoms with van der Waals surface area (Å²) < 4.78 is 0. The number of carbonyl (C=O) groups excluding carboxylic acids is 1. The largest absolute Gasteiger partial charge is 0.368 e. The average Bonchev–Trinajstić information content (AvgIpc) is 2.07. The van der Waals surface area contributed by atoms with Crippen molar-refractivity contribution in [2.24, 2.45) is 17.6 Å². The highest BCUT2D eigenvalue weighted by Gasteiger charge is 2.44. The second kappa shape index (κ2) is 1.95. The summed E-state index contributed by atoms with van der Waals surface area (Å²) in [5.41, 5.74) is 5.18. The van der Waals surface area contributed by atoms with Crippen molar-refractivity contribution in [1.29, 1.82) is 0 Å². The third kappa shape index (κ3) is 0.669. The maximum Gasteiger partial charge on any atom is 0.234 e. The van der Waals surface area contributed by atoms with Gasteiger partial charge in [-0.15, -0.1) is 0 Å². The monoisotopic (exact) mass is 140 g/mol. The number of hydrogen-bond donors (Lipinski definition) is 2. The van der Waals surface area contributed by atoms with Gasteiger partial charge in [0.25, 0.3) is 0 Å². The molecule has 2 rings (SSSR count). The Labute approximate surface area is 60.0 Å².